The van der Waals surface area contributed by atoms with Gasteiger partial charge in [-0.05, 0) is 48.1 Å². The number of nitrogens with zero attached hydrogens (tertiary/aromatic N) is 1. The van der Waals surface area contributed by atoms with E-state index in [-0.39, 0.29) is 17.9 Å². The lowest BCUT2D eigenvalue weighted by Crippen LogP contribution is -2.47. The zero-order valence-electron chi connectivity index (χ0n) is 20.5. The van der Waals surface area contributed by atoms with Gasteiger partial charge in [-0.1, -0.05) is 49.7 Å². The molecule has 0 saturated carbocycles. The zero-order valence-corrected chi connectivity index (χ0v) is 17.5. The molecule has 0 aliphatic carbocycles. The average Bonchev–Trinajstić information content (AvgIpc) is 2.78. The molecule has 2 aromatic carbocycles. The maximum atomic E-state index is 13.8. The van der Waals surface area contributed by atoms with Crippen LogP contribution in [-0.4, -0.2) is 30.6 Å². The Balaban J connectivity index is 1.77. The molecule has 1 heterocycles. The summed E-state index contributed by atoms with van der Waals surface area (Å²) in [6, 6.07) is 9.30. The highest BCUT2D eigenvalue weighted by Crippen LogP contribution is 2.34. The second-order valence-electron chi connectivity index (χ2n) is 7.81. The highest BCUT2D eigenvalue weighted by Gasteiger charge is 2.42. The molecule has 2 aromatic rings. The SMILES string of the molecule is [2H]C([2H])([2H])CCC(N[C@@H](c1ccc(-c2ccc(N3CCCCC3=O)cc2)cc1)C(F)(F)F)C(N)=O. The Kier molecular flexibility index (Phi) is 6.29. The molecule has 1 aliphatic heterocycles. The van der Waals surface area contributed by atoms with Crippen molar-refractivity contribution in [2.24, 2.45) is 5.73 Å². The summed E-state index contributed by atoms with van der Waals surface area (Å²) in [5.74, 6) is -0.973. The Bertz CT molecular complexity index is 1030. The summed E-state index contributed by atoms with van der Waals surface area (Å²) in [4.78, 5) is 25.5. The first kappa shape index (κ1) is 19.8. The minimum Gasteiger partial charge on any atom is -0.368 e. The van der Waals surface area contributed by atoms with Gasteiger partial charge in [-0.25, -0.2) is 0 Å². The second-order valence-corrected chi connectivity index (χ2v) is 7.81. The van der Waals surface area contributed by atoms with Gasteiger partial charge in [0.05, 0.1) is 6.04 Å². The standard InChI is InChI=1S/C24H28F3N3O2/c1-2-5-20(23(28)32)29-22(24(25,26)27)18-9-7-16(8-10-18)17-11-13-19(14-12-17)30-15-4-3-6-21(30)31/h7-14,20,22,29H,2-6,15H2,1H3,(H2,28,32)/t20?,22-/m0/s1/i1D3. The third kappa shape index (κ3) is 5.68. The van der Waals surface area contributed by atoms with Crippen molar-refractivity contribution in [3.05, 3.63) is 54.1 Å². The van der Waals surface area contributed by atoms with Crippen LogP contribution in [0.15, 0.2) is 48.5 Å². The Labute approximate surface area is 190 Å². The number of carbonyl (C=O) groups excluding carboxylic acids is 2. The first-order valence-electron chi connectivity index (χ1n) is 12.0. The number of anilines is 1. The summed E-state index contributed by atoms with van der Waals surface area (Å²) >= 11 is 0. The molecule has 2 atom stereocenters. The number of nitrogens with two attached hydrogens (primary N) is 1. The fourth-order valence-electron chi connectivity index (χ4n) is 3.81. The molecule has 8 heteroatoms. The third-order valence-electron chi connectivity index (χ3n) is 5.55. The normalized spacial score (nSPS) is 18.4. The molecule has 172 valence electrons. The zero-order chi connectivity index (χ0) is 25.8. The molecule has 3 N–H and O–H groups in total. The molecular formula is C24H28F3N3O2. The summed E-state index contributed by atoms with van der Waals surface area (Å²) in [5, 5.41) is 2.20. The van der Waals surface area contributed by atoms with E-state index in [0.717, 1.165) is 24.1 Å². The van der Waals surface area contributed by atoms with Crippen LogP contribution in [-0.2, 0) is 9.59 Å². The van der Waals surface area contributed by atoms with Crippen molar-refractivity contribution < 1.29 is 26.9 Å². The smallest absolute Gasteiger partial charge is 0.368 e. The maximum absolute atomic E-state index is 13.8. The summed E-state index contributed by atoms with van der Waals surface area (Å²) in [6.07, 6.45) is -3.19. The van der Waals surface area contributed by atoms with Gasteiger partial charge in [0, 0.05) is 22.8 Å². The van der Waals surface area contributed by atoms with E-state index in [2.05, 4.69) is 5.32 Å². The topological polar surface area (TPSA) is 75.4 Å². The summed E-state index contributed by atoms with van der Waals surface area (Å²) < 4.78 is 63.2. The number of nitrogens with one attached hydrogen (secondary N) is 1. The Morgan fingerprint density at radius 2 is 1.75 bits per heavy atom. The van der Waals surface area contributed by atoms with Crippen LogP contribution in [0.1, 0.15) is 54.7 Å². The van der Waals surface area contributed by atoms with E-state index in [1.165, 1.54) is 12.1 Å². The van der Waals surface area contributed by atoms with Crippen LogP contribution in [0.2, 0.25) is 0 Å². The largest absolute Gasteiger partial charge is 0.407 e. The number of halogens is 3. The van der Waals surface area contributed by atoms with Gasteiger partial charge < -0.3 is 10.6 Å². The first-order chi connectivity index (χ1) is 16.3. The third-order valence-corrected chi connectivity index (χ3v) is 5.55. The highest BCUT2D eigenvalue weighted by atomic mass is 19.4. The number of alkyl halides is 3. The Morgan fingerprint density at radius 1 is 1.12 bits per heavy atom. The number of primary amides is 1. The molecular weight excluding hydrogens is 419 g/mol. The number of hydrogen-bond donors (Lipinski definition) is 2. The van der Waals surface area contributed by atoms with Gasteiger partial charge in [-0.15, -0.1) is 0 Å². The molecule has 0 spiro atoms. The number of rotatable bonds is 8. The minimum atomic E-state index is -4.74. The summed E-state index contributed by atoms with van der Waals surface area (Å²) in [5.41, 5.74) is 7.34. The van der Waals surface area contributed by atoms with Gasteiger partial charge in [-0.3, -0.25) is 14.9 Å². The van der Waals surface area contributed by atoms with E-state index in [4.69, 9.17) is 9.85 Å². The van der Waals surface area contributed by atoms with Crippen LogP contribution in [0.4, 0.5) is 18.9 Å². The maximum Gasteiger partial charge on any atom is 0.407 e. The molecule has 0 aromatic heterocycles. The van der Waals surface area contributed by atoms with Crippen LogP contribution in [0.25, 0.3) is 11.1 Å². The van der Waals surface area contributed by atoms with Crippen molar-refractivity contribution in [2.45, 2.75) is 57.2 Å². The molecule has 1 unspecified atom stereocenters. The molecule has 1 aliphatic rings. The van der Waals surface area contributed by atoms with Gasteiger partial charge in [0.25, 0.3) is 0 Å². The van der Waals surface area contributed by atoms with Crippen molar-refractivity contribution in [3.63, 3.8) is 0 Å². The van der Waals surface area contributed by atoms with E-state index in [0.29, 0.717) is 18.5 Å². The van der Waals surface area contributed by atoms with Crippen LogP contribution in [0.5, 0.6) is 0 Å². The van der Waals surface area contributed by atoms with Gasteiger partial charge in [0.1, 0.15) is 6.04 Å². The van der Waals surface area contributed by atoms with Crippen LogP contribution >= 0.6 is 0 Å². The van der Waals surface area contributed by atoms with Crippen LogP contribution < -0.4 is 16.0 Å². The summed E-state index contributed by atoms with van der Waals surface area (Å²) in [7, 11) is 0. The predicted octanol–water partition coefficient (Wildman–Crippen LogP) is 4.72. The van der Waals surface area contributed by atoms with Crippen molar-refractivity contribution in [1.82, 2.24) is 5.32 Å². The quantitative estimate of drug-likeness (QED) is 0.611. The number of piperidine rings is 1. The first-order valence-corrected chi connectivity index (χ1v) is 10.5. The lowest BCUT2D eigenvalue weighted by atomic mass is 9.99. The van der Waals surface area contributed by atoms with Crippen molar-refractivity contribution in [3.8, 4) is 11.1 Å². The van der Waals surface area contributed by atoms with E-state index in [1.807, 2.05) is 24.3 Å². The fourth-order valence-corrected chi connectivity index (χ4v) is 3.81. The number of benzene rings is 2. The van der Waals surface area contributed by atoms with Crippen LogP contribution in [0, 0.1) is 0 Å². The van der Waals surface area contributed by atoms with E-state index < -0.39 is 37.4 Å². The number of amides is 2. The molecule has 5 nitrogen and oxygen atoms in total. The van der Waals surface area contributed by atoms with E-state index in [1.54, 1.807) is 17.0 Å². The van der Waals surface area contributed by atoms with Crippen molar-refractivity contribution >= 4 is 17.5 Å². The average molecular weight is 451 g/mol. The molecule has 0 radical (unpaired) electrons. The molecule has 2 amide bonds. The molecule has 1 fully saturated rings. The van der Waals surface area contributed by atoms with Crippen molar-refractivity contribution in [2.75, 3.05) is 11.4 Å². The number of carbonyl (C=O) groups is 2. The van der Waals surface area contributed by atoms with Gasteiger partial charge in [-0.2, -0.15) is 13.2 Å². The van der Waals surface area contributed by atoms with E-state index >= 15 is 0 Å². The van der Waals surface area contributed by atoms with Gasteiger partial charge in [0.2, 0.25) is 11.8 Å². The molecule has 3 rings (SSSR count). The van der Waals surface area contributed by atoms with E-state index in [9.17, 15) is 22.8 Å². The molecule has 0 bridgehead atoms. The van der Waals surface area contributed by atoms with Gasteiger partial charge in [0.15, 0.2) is 0 Å². The monoisotopic (exact) mass is 450 g/mol. The molecule has 1 saturated heterocycles. The van der Waals surface area contributed by atoms with Crippen LogP contribution in [0.3, 0.4) is 0 Å². The minimum absolute atomic E-state index is 0.0761. The summed E-state index contributed by atoms with van der Waals surface area (Å²) in [6.45, 7) is -1.72. The second kappa shape index (κ2) is 10.2. The Hall–Kier alpha value is -2.87. The Morgan fingerprint density at radius 3 is 2.28 bits per heavy atom. The lowest BCUT2D eigenvalue weighted by molar-refractivity contribution is -0.160. The lowest BCUT2D eigenvalue weighted by Gasteiger charge is -2.27. The fraction of sp³-hybridized carbons (Fsp3) is 0.417. The molecule has 32 heavy (non-hydrogen) atoms. The highest BCUT2D eigenvalue weighted by molar-refractivity contribution is 5.94. The van der Waals surface area contributed by atoms with Crippen molar-refractivity contribution in [1.29, 1.82) is 0 Å². The predicted molar refractivity (Wildman–Crippen MR) is 118 cm³/mol. The van der Waals surface area contributed by atoms with Gasteiger partial charge >= 0.3 is 6.18 Å². The number of hydrogen-bond acceptors (Lipinski definition) is 3.